The molecule has 0 aliphatic carbocycles. The van der Waals surface area contributed by atoms with E-state index in [-0.39, 0.29) is 5.41 Å². The number of rotatable bonds is 6. The van der Waals surface area contributed by atoms with Crippen LogP contribution in [0.15, 0.2) is 23.7 Å². The predicted molar refractivity (Wildman–Crippen MR) is 86.4 cm³/mol. The average molecular weight is 258 g/mol. The van der Waals surface area contributed by atoms with E-state index in [0.717, 1.165) is 29.9 Å². The summed E-state index contributed by atoms with van der Waals surface area (Å²) in [5, 5.41) is 3.25. The van der Waals surface area contributed by atoms with Gasteiger partial charge in [-0.1, -0.05) is 27.4 Å². The largest absolute Gasteiger partial charge is 0.385 e. The molecule has 0 fully saturated rings. The van der Waals surface area contributed by atoms with E-state index < -0.39 is 0 Å². The maximum Gasteiger partial charge on any atom is 0.0718 e. The molecule has 1 N–H and O–H groups in total. The van der Waals surface area contributed by atoms with Crippen LogP contribution in [0.1, 0.15) is 50.8 Å². The van der Waals surface area contributed by atoms with Crippen molar-refractivity contribution < 1.29 is 0 Å². The normalized spacial score (nSPS) is 11.2. The van der Waals surface area contributed by atoms with E-state index >= 15 is 0 Å². The number of nitrogens with one attached hydrogen (secondary N) is 1. The molecule has 0 bridgehead atoms. The maximum atomic E-state index is 4.17. The molecule has 0 saturated carbocycles. The van der Waals surface area contributed by atoms with Gasteiger partial charge in [-0.05, 0) is 55.7 Å². The summed E-state index contributed by atoms with van der Waals surface area (Å²) in [6.07, 6.45) is 1.10. The quantitative estimate of drug-likeness (QED) is 0.741. The van der Waals surface area contributed by atoms with Crippen LogP contribution in [0.25, 0.3) is 5.70 Å². The molecule has 0 saturated heterocycles. The fourth-order valence-corrected chi connectivity index (χ4v) is 2.30. The summed E-state index contributed by atoms with van der Waals surface area (Å²) in [7, 11) is 0. The second-order valence-electron chi connectivity index (χ2n) is 5.59. The molecule has 104 valence electrons. The molecule has 0 aliphatic heterocycles. The maximum absolute atomic E-state index is 4.17. The Morgan fingerprint density at radius 3 is 2.42 bits per heavy atom. The molecule has 0 aromatic heterocycles. The van der Waals surface area contributed by atoms with Gasteiger partial charge in [0.15, 0.2) is 0 Å². The number of nitrogens with zero attached hydrogens (tertiary/aromatic N) is 1. The lowest BCUT2D eigenvalue weighted by Crippen LogP contribution is -2.18. The van der Waals surface area contributed by atoms with Gasteiger partial charge in [0, 0.05) is 17.8 Å². The van der Waals surface area contributed by atoms with Crippen molar-refractivity contribution in [3.8, 4) is 0 Å². The predicted octanol–water partition coefficient (Wildman–Crippen LogP) is 4.59. The minimum Gasteiger partial charge on any atom is -0.385 e. The molecule has 1 aromatic carbocycles. The van der Waals surface area contributed by atoms with Crippen molar-refractivity contribution >= 4 is 18.1 Å². The van der Waals surface area contributed by atoms with Crippen molar-refractivity contribution in [3.63, 3.8) is 0 Å². The van der Waals surface area contributed by atoms with E-state index in [2.05, 4.69) is 70.4 Å². The van der Waals surface area contributed by atoms with E-state index in [1.165, 1.54) is 11.1 Å². The number of benzene rings is 1. The third kappa shape index (κ3) is 3.25. The highest BCUT2D eigenvalue weighted by Gasteiger charge is 2.22. The fraction of sp³-hybridized carbons (Fsp3) is 0.471. The van der Waals surface area contributed by atoms with E-state index in [1.807, 2.05) is 0 Å². The molecule has 0 heterocycles. The monoisotopic (exact) mass is 258 g/mol. The lowest BCUT2D eigenvalue weighted by atomic mass is 9.79. The van der Waals surface area contributed by atoms with Gasteiger partial charge in [-0.3, -0.25) is 4.99 Å². The molecule has 2 nitrogen and oxygen atoms in total. The summed E-state index contributed by atoms with van der Waals surface area (Å²) in [4.78, 5) is 4.17. The fourth-order valence-electron chi connectivity index (χ4n) is 2.30. The van der Waals surface area contributed by atoms with Crippen LogP contribution in [0.2, 0.25) is 0 Å². The summed E-state index contributed by atoms with van der Waals surface area (Å²) in [6, 6.07) is 4.32. The van der Waals surface area contributed by atoms with Crippen LogP contribution < -0.4 is 5.32 Å². The van der Waals surface area contributed by atoms with Crippen LogP contribution in [-0.2, 0) is 5.41 Å². The number of hydrogen-bond acceptors (Lipinski definition) is 2. The summed E-state index contributed by atoms with van der Waals surface area (Å²) >= 11 is 0. The van der Waals surface area contributed by atoms with Crippen molar-refractivity contribution in [3.05, 3.63) is 35.4 Å². The summed E-state index contributed by atoms with van der Waals surface area (Å²) in [5.41, 5.74) is 5.65. The van der Waals surface area contributed by atoms with Gasteiger partial charge in [0.05, 0.1) is 5.69 Å². The van der Waals surface area contributed by atoms with Crippen molar-refractivity contribution in [2.24, 2.45) is 4.99 Å². The Hall–Kier alpha value is -1.57. The van der Waals surface area contributed by atoms with Crippen molar-refractivity contribution in [1.29, 1.82) is 0 Å². The summed E-state index contributed by atoms with van der Waals surface area (Å²) in [6.45, 7) is 19.6. The Labute approximate surface area is 117 Å². The molecular formula is C17H26N2. The van der Waals surface area contributed by atoms with E-state index in [0.29, 0.717) is 0 Å². The molecule has 2 heteroatoms. The third-order valence-electron chi connectivity index (χ3n) is 3.84. The second-order valence-corrected chi connectivity index (χ2v) is 5.59. The molecule has 0 unspecified atom stereocenters. The van der Waals surface area contributed by atoms with Crippen LogP contribution in [0.4, 0.5) is 5.69 Å². The van der Waals surface area contributed by atoms with Crippen LogP contribution in [0.3, 0.4) is 0 Å². The van der Waals surface area contributed by atoms with Gasteiger partial charge >= 0.3 is 0 Å². The van der Waals surface area contributed by atoms with Crippen LogP contribution in [-0.4, -0.2) is 13.3 Å². The molecule has 1 rings (SSSR count). The molecule has 1 aromatic rings. The van der Waals surface area contributed by atoms with Crippen molar-refractivity contribution in [2.45, 2.75) is 46.5 Å². The Kier molecular flexibility index (Phi) is 4.93. The van der Waals surface area contributed by atoms with Gasteiger partial charge in [0.2, 0.25) is 0 Å². The number of hydrogen-bond donors (Lipinski definition) is 1. The molecule has 0 radical (unpaired) electrons. The van der Waals surface area contributed by atoms with Gasteiger partial charge in [-0.15, -0.1) is 0 Å². The SMILES string of the molecule is C=Nc1cc(C(C)(C)CC)c(C)cc1C(=C)NCC. The first-order chi connectivity index (χ1) is 8.87. The molecule has 0 spiro atoms. The number of aryl methyl sites for hydroxylation is 1. The van der Waals surface area contributed by atoms with Gasteiger partial charge in [-0.25, -0.2) is 0 Å². The first kappa shape index (κ1) is 15.5. The Morgan fingerprint density at radius 1 is 1.32 bits per heavy atom. The van der Waals surface area contributed by atoms with Crippen molar-refractivity contribution in [1.82, 2.24) is 5.32 Å². The van der Waals surface area contributed by atoms with E-state index in [1.54, 1.807) is 0 Å². The zero-order valence-corrected chi connectivity index (χ0v) is 12.9. The minimum atomic E-state index is 0.154. The lowest BCUT2D eigenvalue weighted by Gasteiger charge is -2.27. The van der Waals surface area contributed by atoms with Gasteiger partial charge in [0.1, 0.15) is 0 Å². The van der Waals surface area contributed by atoms with Crippen molar-refractivity contribution in [2.75, 3.05) is 6.54 Å². The highest BCUT2D eigenvalue weighted by atomic mass is 14.9. The summed E-state index contributed by atoms with van der Waals surface area (Å²) in [5.74, 6) is 0. The standard InChI is InChI=1S/C17H26N2/c1-8-17(5,6)15-11-16(18-7)14(10-12(15)3)13(4)19-9-2/h10-11,19H,4,7-9H2,1-3,5-6H3. The Bertz CT molecular complexity index is 484. The smallest absolute Gasteiger partial charge is 0.0718 e. The number of aliphatic imine (C=N–C) groups is 1. The molecule has 19 heavy (non-hydrogen) atoms. The molecular weight excluding hydrogens is 232 g/mol. The van der Waals surface area contributed by atoms with Crippen LogP contribution >= 0.6 is 0 Å². The molecule has 0 atom stereocenters. The third-order valence-corrected chi connectivity index (χ3v) is 3.84. The first-order valence-electron chi connectivity index (χ1n) is 6.92. The van der Waals surface area contributed by atoms with Gasteiger partial charge < -0.3 is 5.32 Å². The van der Waals surface area contributed by atoms with Crippen LogP contribution in [0.5, 0.6) is 0 Å². The lowest BCUT2D eigenvalue weighted by molar-refractivity contribution is 0.503. The highest BCUT2D eigenvalue weighted by Crippen LogP contribution is 2.35. The average Bonchev–Trinajstić information content (AvgIpc) is 2.38. The first-order valence-corrected chi connectivity index (χ1v) is 6.92. The molecule has 0 aliphatic rings. The zero-order valence-electron chi connectivity index (χ0n) is 12.9. The Balaban J connectivity index is 3.37. The Morgan fingerprint density at radius 2 is 1.95 bits per heavy atom. The second kappa shape index (κ2) is 6.05. The molecule has 0 amide bonds. The highest BCUT2D eigenvalue weighted by molar-refractivity contribution is 5.75. The zero-order chi connectivity index (χ0) is 14.6. The minimum absolute atomic E-state index is 0.154. The van der Waals surface area contributed by atoms with Crippen LogP contribution in [0, 0.1) is 6.92 Å². The van der Waals surface area contributed by atoms with Gasteiger partial charge in [-0.2, -0.15) is 0 Å². The summed E-state index contributed by atoms with van der Waals surface area (Å²) < 4.78 is 0. The topological polar surface area (TPSA) is 24.4 Å². The van der Waals surface area contributed by atoms with E-state index in [9.17, 15) is 0 Å². The van der Waals surface area contributed by atoms with Gasteiger partial charge in [0.25, 0.3) is 0 Å². The van der Waals surface area contributed by atoms with E-state index in [4.69, 9.17) is 0 Å².